The normalized spacial score (nSPS) is 10.9. The van der Waals surface area contributed by atoms with Crippen molar-refractivity contribution in [2.45, 2.75) is 20.8 Å². The van der Waals surface area contributed by atoms with Gasteiger partial charge in [0.15, 0.2) is 11.5 Å². The van der Waals surface area contributed by atoms with E-state index in [0.717, 1.165) is 0 Å². The lowest BCUT2D eigenvalue weighted by molar-refractivity contribution is -0.418. The molecule has 0 atom stereocenters. The molecule has 0 aromatic rings. The van der Waals surface area contributed by atoms with Crippen LogP contribution in [0.5, 0.6) is 0 Å². The Morgan fingerprint density at radius 2 is 1.94 bits per heavy atom. The Labute approximate surface area is 108 Å². The number of allylic oxidation sites excluding steroid dienone is 2. The van der Waals surface area contributed by atoms with E-state index in [2.05, 4.69) is 13.2 Å². The second kappa shape index (κ2) is 11.4. The predicted octanol–water partition coefficient (Wildman–Crippen LogP) is 3.44. The van der Waals surface area contributed by atoms with Crippen LogP contribution in [0.1, 0.15) is 20.8 Å². The number of ether oxygens (including phenoxy) is 2. The van der Waals surface area contributed by atoms with Crippen molar-refractivity contribution in [3.05, 3.63) is 58.7 Å². The molecule has 0 aliphatic carbocycles. The predicted molar refractivity (Wildman–Crippen MR) is 72.5 cm³/mol. The highest BCUT2D eigenvalue weighted by Gasteiger charge is 2.11. The molecule has 0 amide bonds. The fourth-order valence-electron chi connectivity index (χ4n) is 0.897. The van der Waals surface area contributed by atoms with Gasteiger partial charge in [-0.3, -0.25) is 10.1 Å². The largest absolute Gasteiger partial charge is 0.493 e. The summed E-state index contributed by atoms with van der Waals surface area (Å²) in [6.45, 7) is 12.7. The minimum absolute atomic E-state index is 0.234. The molecule has 0 saturated carbocycles. The van der Waals surface area contributed by atoms with Crippen molar-refractivity contribution in [3.8, 4) is 0 Å². The van der Waals surface area contributed by atoms with E-state index in [1.165, 1.54) is 19.3 Å². The molecule has 0 heterocycles. The van der Waals surface area contributed by atoms with Crippen LogP contribution in [0, 0.1) is 10.1 Å². The molecule has 0 spiro atoms. The van der Waals surface area contributed by atoms with Gasteiger partial charge in [-0.05, 0) is 19.6 Å². The SMILES string of the molecule is C=CCOC(=C/C(=C)[N+](=O)[O-])/C(=C\C)OC.CC. The van der Waals surface area contributed by atoms with E-state index in [9.17, 15) is 10.1 Å². The second-order valence-corrected chi connectivity index (χ2v) is 2.71. The summed E-state index contributed by atoms with van der Waals surface area (Å²) in [6, 6.07) is 0. The van der Waals surface area contributed by atoms with Gasteiger partial charge < -0.3 is 9.47 Å². The topological polar surface area (TPSA) is 61.6 Å². The Balaban J connectivity index is 0. The zero-order valence-corrected chi connectivity index (χ0v) is 11.4. The lowest BCUT2D eigenvalue weighted by atomic mass is 10.3. The molecule has 0 rings (SSSR count). The average molecular weight is 255 g/mol. The molecular weight excluding hydrogens is 234 g/mol. The molecule has 18 heavy (non-hydrogen) atoms. The lowest BCUT2D eigenvalue weighted by Gasteiger charge is -2.10. The molecule has 0 bridgehead atoms. The van der Waals surface area contributed by atoms with Crippen molar-refractivity contribution in [3.63, 3.8) is 0 Å². The quantitative estimate of drug-likeness (QED) is 0.230. The van der Waals surface area contributed by atoms with Crippen LogP contribution >= 0.6 is 0 Å². The molecule has 0 saturated heterocycles. The van der Waals surface area contributed by atoms with Crippen LogP contribution in [0.15, 0.2) is 48.6 Å². The maximum Gasteiger partial charge on any atom is 0.266 e. The molecule has 5 heteroatoms. The number of methoxy groups -OCH3 is 1. The first-order valence-corrected chi connectivity index (χ1v) is 5.56. The number of nitro groups is 1. The third-order valence-corrected chi connectivity index (χ3v) is 1.61. The van der Waals surface area contributed by atoms with Crippen LogP contribution in [0.4, 0.5) is 0 Å². The lowest BCUT2D eigenvalue weighted by Crippen LogP contribution is -2.02. The van der Waals surface area contributed by atoms with E-state index in [-0.39, 0.29) is 18.1 Å². The Kier molecular flexibility index (Phi) is 11.7. The van der Waals surface area contributed by atoms with Crippen LogP contribution in [0.2, 0.25) is 0 Å². The number of nitrogens with zero attached hydrogens (tertiary/aromatic N) is 1. The van der Waals surface area contributed by atoms with Crippen LogP contribution in [-0.4, -0.2) is 18.6 Å². The summed E-state index contributed by atoms with van der Waals surface area (Å²) in [4.78, 5) is 9.84. The number of hydrogen-bond donors (Lipinski definition) is 0. The summed E-state index contributed by atoms with van der Waals surface area (Å²) in [5.74, 6) is 0.663. The Hall–Kier alpha value is -2.04. The maximum absolute atomic E-state index is 10.4. The van der Waals surface area contributed by atoms with E-state index in [1.54, 1.807) is 13.0 Å². The van der Waals surface area contributed by atoms with E-state index < -0.39 is 4.92 Å². The van der Waals surface area contributed by atoms with E-state index in [4.69, 9.17) is 9.47 Å². The minimum atomic E-state index is -0.597. The highest BCUT2D eigenvalue weighted by atomic mass is 16.6. The van der Waals surface area contributed by atoms with Crippen molar-refractivity contribution in [2.24, 2.45) is 0 Å². The fraction of sp³-hybridized carbons (Fsp3) is 0.385. The average Bonchev–Trinajstić information content (AvgIpc) is 2.39. The van der Waals surface area contributed by atoms with E-state index in [0.29, 0.717) is 5.76 Å². The Morgan fingerprint density at radius 1 is 1.39 bits per heavy atom. The van der Waals surface area contributed by atoms with Crippen molar-refractivity contribution in [2.75, 3.05) is 13.7 Å². The van der Waals surface area contributed by atoms with Gasteiger partial charge in [0.05, 0.1) is 18.1 Å². The number of hydrogen-bond acceptors (Lipinski definition) is 4. The van der Waals surface area contributed by atoms with Crippen molar-refractivity contribution >= 4 is 0 Å². The summed E-state index contributed by atoms with van der Waals surface area (Å²) in [5, 5.41) is 10.4. The van der Waals surface area contributed by atoms with Gasteiger partial charge in [0.2, 0.25) is 0 Å². The van der Waals surface area contributed by atoms with Crippen LogP contribution in [0.3, 0.4) is 0 Å². The third-order valence-electron chi connectivity index (χ3n) is 1.61. The summed E-state index contributed by atoms with van der Waals surface area (Å²) in [6.07, 6.45) is 4.39. The number of rotatable bonds is 7. The fourth-order valence-corrected chi connectivity index (χ4v) is 0.897. The first-order chi connectivity index (χ1) is 8.56. The highest BCUT2D eigenvalue weighted by Crippen LogP contribution is 2.14. The molecule has 0 unspecified atom stereocenters. The van der Waals surface area contributed by atoms with Gasteiger partial charge in [0.25, 0.3) is 5.70 Å². The maximum atomic E-state index is 10.4. The molecule has 0 fully saturated rings. The first kappa shape index (κ1) is 18.3. The van der Waals surface area contributed by atoms with Gasteiger partial charge in [-0.15, -0.1) is 0 Å². The van der Waals surface area contributed by atoms with Crippen molar-refractivity contribution in [1.29, 1.82) is 0 Å². The van der Waals surface area contributed by atoms with Gasteiger partial charge in [-0.25, -0.2) is 0 Å². The van der Waals surface area contributed by atoms with Gasteiger partial charge in [-0.1, -0.05) is 26.5 Å². The summed E-state index contributed by atoms with van der Waals surface area (Å²) in [7, 11) is 1.45. The molecule has 0 radical (unpaired) electrons. The van der Waals surface area contributed by atoms with Gasteiger partial charge >= 0.3 is 0 Å². The molecule has 0 aliphatic heterocycles. The van der Waals surface area contributed by atoms with Crippen LogP contribution < -0.4 is 0 Å². The molecule has 0 aromatic carbocycles. The second-order valence-electron chi connectivity index (χ2n) is 2.71. The minimum Gasteiger partial charge on any atom is -0.493 e. The standard InChI is InChI=1S/C11H15NO4.C2H6/c1-5-7-16-11(10(6-2)15-4)8-9(3)12(13)14;1-2/h5-6,8H,1,3,7H2,2,4H3;1-2H3/b10-6+,11-8+;. The van der Waals surface area contributed by atoms with Crippen LogP contribution in [0.25, 0.3) is 0 Å². The summed E-state index contributed by atoms with van der Waals surface area (Å²) < 4.78 is 10.2. The van der Waals surface area contributed by atoms with E-state index in [1.807, 2.05) is 13.8 Å². The first-order valence-electron chi connectivity index (χ1n) is 5.56. The summed E-state index contributed by atoms with van der Waals surface area (Å²) in [5.41, 5.74) is -0.268. The Morgan fingerprint density at radius 3 is 2.28 bits per heavy atom. The smallest absolute Gasteiger partial charge is 0.266 e. The molecule has 5 nitrogen and oxygen atoms in total. The van der Waals surface area contributed by atoms with Gasteiger partial charge in [-0.2, -0.15) is 0 Å². The Bertz CT molecular complexity index is 343. The van der Waals surface area contributed by atoms with Gasteiger partial charge in [0, 0.05) is 0 Å². The molecule has 102 valence electrons. The van der Waals surface area contributed by atoms with Crippen LogP contribution in [-0.2, 0) is 9.47 Å². The highest BCUT2D eigenvalue weighted by molar-refractivity contribution is 5.25. The zero-order valence-electron chi connectivity index (χ0n) is 11.4. The molecule has 0 aliphatic rings. The molecular formula is C13H21NO4. The van der Waals surface area contributed by atoms with E-state index >= 15 is 0 Å². The molecule has 0 N–H and O–H groups in total. The monoisotopic (exact) mass is 255 g/mol. The zero-order chi connectivity index (χ0) is 14.6. The van der Waals surface area contributed by atoms with Crippen molar-refractivity contribution < 1.29 is 14.4 Å². The molecule has 0 aromatic heterocycles. The summed E-state index contributed by atoms with van der Waals surface area (Å²) >= 11 is 0. The van der Waals surface area contributed by atoms with Gasteiger partial charge in [0.1, 0.15) is 6.61 Å². The van der Waals surface area contributed by atoms with Crippen molar-refractivity contribution in [1.82, 2.24) is 0 Å². The third kappa shape index (κ3) is 7.27.